The van der Waals surface area contributed by atoms with Gasteiger partial charge in [-0.25, -0.2) is 4.68 Å². The highest BCUT2D eigenvalue weighted by Gasteiger charge is 2.30. The van der Waals surface area contributed by atoms with E-state index < -0.39 is 11.7 Å². The highest BCUT2D eigenvalue weighted by atomic mass is 19.4. The summed E-state index contributed by atoms with van der Waals surface area (Å²) in [6.07, 6.45) is -2.12. The zero-order chi connectivity index (χ0) is 15.5. The monoisotopic (exact) mass is 298 g/mol. The summed E-state index contributed by atoms with van der Waals surface area (Å²) in [4.78, 5) is 0. The lowest BCUT2D eigenvalue weighted by Crippen LogP contribution is -2.14. The second-order valence-corrected chi connectivity index (χ2v) is 4.53. The van der Waals surface area contributed by atoms with Crippen molar-refractivity contribution in [1.29, 1.82) is 0 Å². The Morgan fingerprint density at radius 1 is 1.33 bits per heavy atom. The fourth-order valence-electron chi connectivity index (χ4n) is 2.10. The fraction of sp³-hybridized carbons (Fsp3) is 0.357. The van der Waals surface area contributed by atoms with Crippen molar-refractivity contribution in [3.63, 3.8) is 0 Å². The van der Waals surface area contributed by atoms with Gasteiger partial charge in [0.25, 0.3) is 0 Å². The van der Waals surface area contributed by atoms with Gasteiger partial charge in [0.2, 0.25) is 0 Å². The normalized spacial score (nSPS) is 11.7. The number of alkyl halides is 3. The quantitative estimate of drug-likeness (QED) is 0.892. The first kappa shape index (κ1) is 15.4. The topological polar surface area (TPSA) is 55.9 Å². The standard InChI is InChI=1S/C14H17F3N4/c1-2-13-12(19-7-6-18)9-20-21(13)11-5-3-4-10(8-11)14(15,16)17/h3-5,8-9,19H,2,6-7,18H2,1H3. The number of benzene rings is 1. The average Bonchev–Trinajstić information content (AvgIpc) is 2.87. The van der Waals surface area contributed by atoms with E-state index in [2.05, 4.69) is 10.4 Å². The van der Waals surface area contributed by atoms with E-state index in [4.69, 9.17) is 5.73 Å². The lowest BCUT2D eigenvalue weighted by Gasteiger charge is -2.11. The fourth-order valence-corrected chi connectivity index (χ4v) is 2.10. The van der Waals surface area contributed by atoms with E-state index in [0.717, 1.165) is 23.5 Å². The number of hydrogen-bond acceptors (Lipinski definition) is 3. The molecule has 0 aliphatic rings. The van der Waals surface area contributed by atoms with Crippen LogP contribution in [0.4, 0.5) is 18.9 Å². The van der Waals surface area contributed by atoms with Gasteiger partial charge >= 0.3 is 6.18 Å². The Hall–Kier alpha value is -2.02. The largest absolute Gasteiger partial charge is 0.416 e. The summed E-state index contributed by atoms with van der Waals surface area (Å²) >= 11 is 0. The van der Waals surface area contributed by atoms with Crippen LogP contribution in [0.15, 0.2) is 30.5 Å². The molecule has 0 aliphatic heterocycles. The molecule has 0 spiro atoms. The second kappa shape index (κ2) is 6.17. The maximum Gasteiger partial charge on any atom is 0.416 e. The van der Waals surface area contributed by atoms with Gasteiger partial charge in [-0.3, -0.25) is 0 Å². The lowest BCUT2D eigenvalue weighted by molar-refractivity contribution is -0.137. The molecule has 1 heterocycles. The average molecular weight is 298 g/mol. The first-order valence-corrected chi connectivity index (χ1v) is 6.65. The zero-order valence-electron chi connectivity index (χ0n) is 11.6. The molecule has 1 aromatic heterocycles. The molecule has 2 rings (SSSR count). The Bertz CT molecular complexity index is 605. The Balaban J connectivity index is 2.40. The number of anilines is 1. The van der Waals surface area contributed by atoms with E-state index in [1.165, 1.54) is 10.7 Å². The second-order valence-electron chi connectivity index (χ2n) is 4.53. The summed E-state index contributed by atoms with van der Waals surface area (Å²) in [5.41, 5.74) is 6.76. The van der Waals surface area contributed by atoms with Crippen LogP contribution in [-0.2, 0) is 12.6 Å². The van der Waals surface area contributed by atoms with Gasteiger partial charge in [0.1, 0.15) is 0 Å². The predicted molar refractivity (Wildman–Crippen MR) is 75.5 cm³/mol. The number of hydrogen-bond donors (Lipinski definition) is 2. The highest BCUT2D eigenvalue weighted by molar-refractivity contribution is 5.50. The van der Waals surface area contributed by atoms with Gasteiger partial charge in [0.15, 0.2) is 0 Å². The molecule has 4 nitrogen and oxygen atoms in total. The van der Waals surface area contributed by atoms with Crippen LogP contribution in [0.1, 0.15) is 18.2 Å². The van der Waals surface area contributed by atoms with E-state index in [1.54, 1.807) is 12.3 Å². The maximum atomic E-state index is 12.8. The molecule has 0 radical (unpaired) electrons. The minimum absolute atomic E-state index is 0.391. The van der Waals surface area contributed by atoms with Crippen LogP contribution in [0.5, 0.6) is 0 Å². The van der Waals surface area contributed by atoms with Gasteiger partial charge in [-0.1, -0.05) is 13.0 Å². The molecular formula is C14H17F3N4. The van der Waals surface area contributed by atoms with E-state index in [0.29, 0.717) is 25.2 Å². The predicted octanol–water partition coefficient (Wildman–Crippen LogP) is 2.82. The van der Waals surface area contributed by atoms with Crippen LogP contribution in [0, 0.1) is 0 Å². The summed E-state index contributed by atoms with van der Waals surface area (Å²) in [6, 6.07) is 5.13. The summed E-state index contributed by atoms with van der Waals surface area (Å²) in [7, 11) is 0. The molecule has 0 unspecified atom stereocenters. The Morgan fingerprint density at radius 3 is 2.71 bits per heavy atom. The van der Waals surface area contributed by atoms with Crippen molar-refractivity contribution in [1.82, 2.24) is 9.78 Å². The van der Waals surface area contributed by atoms with E-state index >= 15 is 0 Å². The van der Waals surface area contributed by atoms with Crippen LogP contribution in [-0.4, -0.2) is 22.9 Å². The number of halogens is 3. The molecule has 0 saturated carbocycles. The Labute approximate surface area is 120 Å². The van der Waals surface area contributed by atoms with Crippen molar-refractivity contribution in [3.05, 3.63) is 41.7 Å². The van der Waals surface area contributed by atoms with Gasteiger partial charge in [-0.05, 0) is 24.6 Å². The van der Waals surface area contributed by atoms with Gasteiger partial charge in [-0.15, -0.1) is 0 Å². The molecule has 21 heavy (non-hydrogen) atoms. The molecule has 0 amide bonds. The molecular weight excluding hydrogens is 281 g/mol. The number of nitrogens with two attached hydrogens (primary N) is 1. The van der Waals surface area contributed by atoms with Crippen molar-refractivity contribution in [2.45, 2.75) is 19.5 Å². The van der Waals surface area contributed by atoms with Gasteiger partial charge in [0.05, 0.1) is 28.8 Å². The van der Waals surface area contributed by atoms with Crippen LogP contribution < -0.4 is 11.1 Å². The van der Waals surface area contributed by atoms with Crippen LogP contribution in [0.2, 0.25) is 0 Å². The smallest absolute Gasteiger partial charge is 0.381 e. The van der Waals surface area contributed by atoms with Gasteiger partial charge in [-0.2, -0.15) is 18.3 Å². The van der Waals surface area contributed by atoms with Gasteiger partial charge < -0.3 is 11.1 Å². The zero-order valence-corrected chi connectivity index (χ0v) is 11.6. The summed E-state index contributed by atoms with van der Waals surface area (Å²) in [5.74, 6) is 0. The van der Waals surface area contributed by atoms with Crippen LogP contribution in [0.25, 0.3) is 5.69 Å². The molecule has 0 bridgehead atoms. The third kappa shape index (κ3) is 3.36. The first-order chi connectivity index (χ1) is 9.97. The summed E-state index contributed by atoms with van der Waals surface area (Å²) in [6.45, 7) is 2.98. The van der Waals surface area contributed by atoms with Gasteiger partial charge in [0, 0.05) is 13.1 Å². The molecule has 0 fully saturated rings. The first-order valence-electron chi connectivity index (χ1n) is 6.65. The maximum absolute atomic E-state index is 12.8. The molecule has 0 saturated heterocycles. The minimum Gasteiger partial charge on any atom is -0.381 e. The highest BCUT2D eigenvalue weighted by Crippen LogP contribution is 2.31. The number of aromatic nitrogens is 2. The van der Waals surface area contributed by atoms with Crippen LogP contribution >= 0.6 is 0 Å². The lowest BCUT2D eigenvalue weighted by atomic mass is 10.2. The van der Waals surface area contributed by atoms with Crippen molar-refractivity contribution < 1.29 is 13.2 Å². The third-order valence-corrected chi connectivity index (χ3v) is 3.08. The number of nitrogens with zero attached hydrogens (tertiary/aromatic N) is 2. The minimum atomic E-state index is -4.36. The van der Waals surface area contributed by atoms with Crippen molar-refractivity contribution in [2.24, 2.45) is 5.73 Å². The number of nitrogens with one attached hydrogen (secondary N) is 1. The molecule has 1 aromatic carbocycles. The van der Waals surface area contributed by atoms with E-state index in [9.17, 15) is 13.2 Å². The van der Waals surface area contributed by atoms with E-state index in [1.807, 2.05) is 6.92 Å². The Kier molecular flexibility index (Phi) is 4.52. The van der Waals surface area contributed by atoms with E-state index in [-0.39, 0.29) is 0 Å². The molecule has 0 atom stereocenters. The number of rotatable bonds is 5. The third-order valence-electron chi connectivity index (χ3n) is 3.08. The molecule has 114 valence electrons. The van der Waals surface area contributed by atoms with Crippen LogP contribution in [0.3, 0.4) is 0 Å². The summed E-state index contributed by atoms with van der Waals surface area (Å²) < 4.78 is 39.9. The molecule has 2 aromatic rings. The van der Waals surface area contributed by atoms with Crippen molar-refractivity contribution in [2.75, 3.05) is 18.4 Å². The Morgan fingerprint density at radius 2 is 2.10 bits per heavy atom. The van der Waals surface area contributed by atoms with Crippen molar-refractivity contribution >= 4 is 5.69 Å². The SMILES string of the molecule is CCc1c(NCCN)cnn1-c1cccc(C(F)(F)F)c1. The molecule has 3 N–H and O–H groups in total. The summed E-state index contributed by atoms with van der Waals surface area (Å²) in [5, 5.41) is 7.30. The molecule has 7 heteroatoms. The van der Waals surface area contributed by atoms with Crippen molar-refractivity contribution in [3.8, 4) is 5.69 Å². The molecule has 0 aliphatic carbocycles.